The summed E-state index contributed by atoms with van der Waals surface area (Å²) in [6.07, 6.45) is 2.61. The van der Waals surface area contributed by atoms with Gasteiger partial charge < -0.3 is 4.74 Å². The van der Waals surface area contributed by atoms with Crippen molar-refractivity contribution < 1.29 is 9.53 Å². The molecular weight excluding hydrogens is 176 g/mol. The van der Waals surface area contributed by atoms with E-state index in [0.717, 1.165) is 11.1 Å². The Morgan fingerprint density at radius 3 is 2.86 bits per heavy atom. The van der Waals surface area contributed by atoms with Gasteiger partial charge >= 0.3 is 5.97 Å². The molecule has 1 aliphatic rings. The Labute approximate surface area is 83.2 Å². The molecule has 0 atom stereocenters. The molecule has 0 saturated carbocycles. The molecule has 0 N–H and O–H groups in total. The van der Waals surface area contributed by atoms with Crippen molar-refractivity contribution in [2.24, 2.45) is 0 Å². The van der Waals surface area contributed by atoms with Gasteiger partial charge in [-0.25, -0.2) is 4.79 Å². The number of carbonyl (C=O) groups is 1. The van der Waals surface area contributed by atoms with E-state index in [-0.39, 0.29) is 5.97 Å². The molecule has 2 nitrogen and oxygen atoms in total. The molecule has 0 bridgehead atoms. The summed E-state index contributed by atoms with van der Waals surface area (Å²) >= 11 is 0. The average molecular weight is 188 g/mol. The third-order valence-electron chi connectivity index (χ3n) is 2.59. The summed E-state index contributed by atoms with van der Waals surface area (Å²) in [6, 6.07) is 6.09. The summed E-state index contributed by atoms with van der Waals surface area (Å²) in [5.41, 5.74) is 4.37. The van der Waals surface area contributed by atoms with Crippen molar-refractivity contribution in [2.45, 2.75) is 13.3 Å². The first kappa shape index (κ1) is 9.00. The molecule has 0 fully saturated rings. The second-order valence-electron chi connectivity index (χ2n) is 3.48. The summed E-state index contributed by atoms with van der Waals surface area (Å²) in [6.45, 7) is 2.06. The number of benzene rings is 1. The predicted octanol–water partition coefficient (Wildman–Crippen LogP) is 2.11. The summed E-state index contributed by atoms with van der Waals surface area (Å²) < 4.78 is 4.70. The van der Waals surface area contributed by atoms with Crippen LogP contribution in [-0.2, 0) is 16.0 Å². The van der Waals surface area contributed by atoms with Crippen LogP contribution in [0.4, 0.5) is 0 Å². The molecule has 14 heavy (non-hydrogen) atoms. The third-order valence-corrected chi connectivity index (χ3v) is 2.59. The lowest BCUT2D eigenvalue weighted by Gasteiger charge is -2.02. The van der Waals surface area contributed by atoms with E-state index in [9.17, 15) is 4.79 Å². The van der Waals surface area contributed by atoms with Gasteiger partial charge in [0.1, 0.15) is 0 Å². The molecule has 72 valence electrons. The van der Waals surface area contributed by atoms with Gasteiger partial charge in [0.05, 0.1) is 7.11 Å². The van der Waals surface area contributed by atoms with Crippen LogP contribution in [0.5, 0.6) is 0 Å². The lowest BCUT2D eigenvalue weighted by molar-refractivity contribution is -0.136. The fourth-order valence-electron chi connectivity index (χ4n) is 1.79. The van der Waals surface area contributed by atoms with Gasteiger partial charge in [-0.1, -0.05) is 18.2 Å². The van der Waals surface area contributed by atoms with E-state index in [1.807, 2.05) is 18.2 Å². The second-order valence-corrected chi connectivity index (χ2v) is 3.48. The average Bonchev–Trinajstić information content (AvgIpc) is 2.62. The predicted molar refractivity (Wildman–Crippen MR) is 54.9 cm³/mol. The molecule has 0 amide bonds. The monoisotopic (exact) mass is 188 g/mol. The molecule has 2 heteroatoms. The lowest BCUT2D eigenvalue weighted by Crippen LogP contribution is -2.04. The van der Waals surface area contributed by atoms with Crippen molar-refractivity contribution in [3.05, 3.63) is 40.5 Å². The molecule has 1 aliphatic carbocycles. The number of rotatable bonds is 1. The normalized spacial score (nSPS) is 13.4. The summed E-state index contributed by atoms with van der Waals surface area (Å²) in [5.74, 6) is -0.222. The maximum Gasteiger partial charge on any atom is 0.334 e. The molecule has 0 unspecified atom stereocenters. The van der Waals surface area contributed by atoms with Crippen molar-refractivity contribution in [1.29, 1.82) is 0 Å². The molecule has 1 aromatic rings. The number of fused-ring (bicyclic) bond motifs is 1. The molecule has 0 radical (unpaired) electrons. The van der Waals surface area contributed by atoms with Crippen molar-refractivity contribution in [1.82, 2.24) is 0 Å². The van der Waals surface area contributed by atoms with E-state index in [2.05, 4.69) is 13.0 Å². The Balaban J connectivity index is 2.37. The molecule has 0 aromatic heterocycles. The highest BCUT2D eigenvalue weighted by molar-refractivity contribution is 5.96. The molecule has 0 heterocycles. The maximum absolute atomic E-state index is 11.3. The van der Waals surface area contributed by atoms with E-state index in [0.29, 0.717) is 6.42 Å². The minimum Gasteiger partial charge on any atom is -0.466 e. The Morgan fingerprint density at radius 2 is 2.21 bits per heavy atom. The Bertz CT molecular complexity index is 416. The van der Waals surface area contributed by atoms with Gasteiger partial charge in [-0.05, 0) is 29.7 Å². The molecule has 0 aliphatic heterocycles. The van der Waals surface area contributed by atoms with Gasteiger partial charge in [0.25, 0.3) is 0 Å². The highest BCUT2D eigenvalue weighted by Crippen LogP contribution is 2.27. The van der Waals surface area contributed by atoms with E-state index in [4.69, 9.17) is 4.74 Å². The zero-order chi connectivity index (χ0) is 10.1. The zero-order valence-electron chi connectivity index (χ0n) is 8.33. The molecule has 1 aromatic carbocycles. The fourth-order valence-corrected chi connectivity index (χ4v) is 1.79. The van der Waals surface area contributed by atoms with E-state index >= 15 is 0 Å². The molecule has 0 spiro atoms. The molecular formula is C12H12O2. The standard InChI is InChI=1S/C12H12O2/c1-8-4-3-5-9-6-10(7-11(8)9)12(13)14-2/h3-6H,7H2,1-2H3. The maximum atomic E-state index is 11.3. The second kappa shape index (κ2) is 3.29. The van der Waals surface area contributed by atoms with E-state index in [1.54, 1.807) is 0 Å². The van der Waals surface area contributed by atoms with Crippen molar-refractivity contribution in [3.63, 3.8) is 0 Å². The first-order chi connectivity index (χ1) is 6.72. The van der Waals surface area contributed by atoms with Crippen LogP contribution >= 0.6 is 0 Å². The minimum absolute atomic E-state index is 0.222. The highest BCUT2D eigenvalue weighted by Gasteiger charge is 2.19. The largest absolute Gasteiger partial charge is 0.466 e. The van der Waals surface area contributed by atoms with Crippen LogP contribution in [0.25, 0.3) is 6.08 Å². The van der Waals surface area contributed by atoms with Crippen LogP contribution in [0.3, 0.4) is 0 Å². The topological polar surface area (TPSA) is 26.3 Å². The fraction of sp³-hybridized carbons (Fsp3) is 0.250. The summed E-state index contributed by atoms with van der Waals surface area (Å²) in [7, 11) is 1.42. The number of esters is 1. The summed E-state index contributed by atoms with van der Waals surface area (Å²) in [5, 5.41) is 0. The number of ether oxygens (including phenoxy) is 1. The number of methoxy groups -OCH3 is 1. The number of aryl methyl sites for hydroxylation is 1. The Morgan fingerprint density at radius 1 is 1.43 bits per heavy atom. The quantitative estimate of drug-likeness (QED) is 0.631. The van der Waals surface area contributed by atoms with Crippen molar-refractivity contribution >= 4 is 12.0 Å². The minimum atomic E-state index is -0.222. The highest BCUT2D eigenvalue weighted by atomic mass is 16.5. The van der Waals surface area contributed by atoms with E-state index < -0.39 is 0 Å². The van der Waals surface area contributed by atoms with Crippen LogP contribution in [-0.4, -0.2) is 13.1 Å². The first-order valence-corrected chi connectivity index (χ1v) is 4.59. The summed E-state index contributed by atoms with van der Waals surface area (Å²) in [4.78, 5) is 11.3. The SMILES string of the molecule is COC(=O)C1=Cc2cccc(C)c2C1. The number of carbonyl (C=O) groups excluding carboxylic acids is 1. The Kier molecular flexibility index (Phi) is 2.12. The van der Waals surface area contributed by atoms with Crippen LogP contribution < -0.4 is 0 Å². The third kappa shape index (κ3) is 1.33. The van der Waals surface area contributed by atoms with Gasteiger partial charge in [-0.15, -0.1) is 0 Å². The van der Waals surface area contributed by atoms with Gasteiger partial charge in [0, 0.05) is 12.0 Å². The van der Waals surface area contributed by atoms with Crippen LogP contribution in [0, 0.1) is 6.92 Å². The lowest BCUT2D eigenvalue weighted by atomic mass is 10.0. The van der Waals surface area contributed by atoms with Crippen molar-refractivity contribution in [2.75, 3.05) is 7.11 Å². The van der Waals surface area contributed by atoms with Gasteiger partial charge in [-0.3, -0.25) is 0 Å². The number of hydrogen-bond acceptors (Lipinski definition) is 2. The Hall–Kier alpha value is -1.57. The van der Waals surface area contributed by atoms with Gasteiger partial charge in [0.15, 0.2) is 0 Å². The zero-order valence-corrected chi connectivity index (χ0v) is 8.33. The first-order valence-electron chi connectivity index (χ1n) is 4.59. The van der Waals surface area contributed by atoms with E-state index in [1.165, 1.54) is 18.2 Å². The van der Waals surface area contributed by atoms with Crippen LogP contribution in [0.15, 0.2) is 23.8 Å². The number of hydrogen-bond donors (Lipinski definition) is 0. The molecule has 0 saturated heterocycles. The van der Waals surface area contributed by atoms with Crippen molar-refractivity contribution in [3.8, 4) is 0 Å². The van der Waals surface area contributed by atoms with Crippen LogP contribution in [0.2, 0.25) is 0 Å². The molecule has 2 rings (SSSR count). The smallest absolute Gasteiger partial charge is 0.334 e. The van der Waals surface area contributed by atoms with Crippen LogP contribution in [0.1, 0.15) is 16.7 Å². The van der Waals surface area contributed by atoms with Gasteiger partial charge in [-0.2, -0.15) is 0 Å². The van der Waals surface area contributed by atoms with Gasteiger partial charge in [0.2, 0.25) is 0 Å².